The molecular formula is C13H12Cl2F3N3O3. The van der Waals surface area contributed by atoms with E-state index in [0.717, 1.165) is 0 Å². The minimum Gasteiger partial charge on any atom is -0.464 e. The lowest BCUT2D eigenvalue weighted by molar-refractivity contribution is -0.145. The van der Waals surface area contributed by atoms with Crippen molar-refractivity contribution < 1.29 is 22.7 Å². The van der Waals surface area contributed by atoms with Gasteiger partial charge in [0, 0.05) is 0 Å². The predicted molar refractivity (Wildman–Crippen MR) is 81.7 cm³/mol. The third-order valence-corrected chi connectivity index (χ3v) is 3.35. The highest BCUT2D eigenvalue weighted by atomic mass is 35.5. The zero-order chi connectivity index (χ0) is 18.5. The molecule has 0 saturated carbocycles. The Balaban J connectivity index is 3.19. The number of esters is 1. The maximum absolute atomic E-state index is 12.7. The molecule has 0 spiro atoms. The van der Waals surface area contributed by atoms with Gasteiger partial charge in [-0.15, -0.1) is 0 Å². The van der Waals surface area contributed by atoms with Crippen LogP contribution in [0.25, 0.3) is 0 Å². The second-order valence-corrected chi connectivity index (χ2v) is 5.36. The van der Waals surface area contributed by atoms with Gasteiger partial charge in [-0.3, -0.25) is 0 Å². The topological polar surface area (TPSA) is 80.4 Å². The van der Waals surface area contributed by atoms with Gasteiger partial charge in [-0.05, 0) is 26.0 Å². The molecule has 2 unspecified atom stereocenters. The third-order valence-electron chi connectivity index (χ3n) is 2.78. The number of nitroso groups, excluding NO2 is 1. The number of azo groups is 1. The Kier molecular flexibility index (Phi) is 7.09. The Hall–Kier alpha value is -1.74. The molecule has 0 bridgehead atoms. The van der Waals surface area contributed by atoms with Crippen molar-refractivity contribution in [2.24, 2.45) is 15.4 Å². The molecule has 0 aliphatic rings. The van der Waals surface area contributed by atoms with Crippen molar-refractivity contribution in [1.82, 2.24) is 0 Å². The molecule has 0 saturated heterocycles. The van der Waals surface area contributed by atoms with E-state index in [-0.39, 0.29) is 12.3 Å². The largest absolute Gasteiger partial charge is 0.464 e. The van der Waals surface area contributed by atoms with Crippen LogP contribution in [0.2, 0.25) is 10.0 Å². The summed E-state index contributed by atoms with van der Waals surface area (Å²) in [5.74, 6) is -0.854. The van der Waals surface area contributed by atoms with Crippen LogP contribution < -0.4 is 0 Å². The van der Waals surface area contributed by atoms with Crippen LogP contribution in [0.3, 0.4) is 0 Å². The van der Waals surface area contributed by atoms with Gasteiger partial charge in [0.1, 0.15) is 11.7 Å². The number of rotatable bonds is 6. The van der Waals surface area contributed by atoms with Crippen molar-refractivity contribution in [3.05, 3.63) is 32.6 Å². The number of carbonyl (C=O) groups is 1. The summed E-state index contributed by atoms with van der Waals surface area (Å²) in [4.78, 5) is 22.3. The summed E-state index contributed by atoms with van der Waals surface area (Å²) in [5, 5.41) is 9.06. The molecule has 0 aliphatic carbocycles. The Morgan fingerprint density at radius 1 is 1.29 bits per heavy atom. The van der Waals surface area contributed by atoms with Crippen molar-refractivity contribution in [2.45, 2.75) is 32.1 Å². The molecule has 0 heterocycles. The van der Waals surface area contributed by atoms with Gasteiger partial charge in [-0.1, -0.05) is 28.4 Å². The zero-order valence-electron chi connectivity index (χ0n) is 12.5. The van der Waals surface area contributed by atoms with Gasteiger partial charge in [-0.2, -0.15) is 28.3 Å². The van der Waals surface area contributed by atoms with Gasteiger partial charge in [0.15, 0.2) is 6.04 Å². The summed E-state index contributed by atoms with van der Waals surface area (Å²) in [7, 11) is 0. The van der Waals surface area contributed by atoms with Crippen molar-refractivity contribution in [2.75, 3.05) is 6.61 Å². The molecular weight excluding hydrogens is 374 g/mol. The van der Waals surface area contributed by atoms with Gasteiger partial charge in [-0.25, -0.2) is 4.79 Å². The molecule has 1 rings (SSSR count). The quantitative estimate of drug-likeness (QED) is 0.384. The Morgan fingerprint density at radius 2 is 1.83 bits per heavy atom. The molecule has 0 aliphatic heterocycles. The molecule has 0 N–H and O–H groups in total. The second-order valence-electron chi connectivity index (χ2n) is 4.54. The van der Waals surface area contributed by atoms with E-state index in [9.17, 15) is 22.9 Å². The smallest absolute Gasteiger partial charge is 0.416 e. The third kappa shape index (κ3) is 5.13. The van der Waals surface area contributed by atoms with Crippen molar-refractivity contribution in [3.8, 4) is 0 Å². The van der Waals surface area contributed by atoms with Crippen LogP contribution in [-0.2, 0) is 15.7 Å². The molecule has 0 amide bonds. The van der Waals surface area contributed by atoms with E-state index in [1.807, 2.05) is 0 Å². The zero-order valence-corrected chi connectivity index (χ0v) is 14.0. The molecule has 0 fully saturated rings. The van der Waals surface area contributed by atoms with Crippen molar-refractivity contribution in [3.63, 3.8) is 0 Å². The van der Waals surface area contributed by atoms with Crippen LogP contribution in [0.4, 0.5) is 18.9 Å². The summed E-state index contributed by atoms with van der Waals surface area (Å²) in [6, 6.07) is -1.21. The highest BCUT2D eigenvalue weighted by Gasteiger charge is 2.32. The monoisotopic (exact) mass is 385 g/mol. The fraction of sp³-hybridized carbons (Fsp3) is 0.462. The number of carbonyl (C=O) groups excluding carboxylic acids is 1. The number of ether oxygens (including phenoxy) is 1. The average molecular weight is 386 g/mol. The van der Waals surface area contributed by atoms with Crippen LogP contribution in [-0.4, -0.2) is 24.7 Å². The van der Waals surface area contributed by atoms with Crippen LogP contribution in [0, 0.1) is 4.91 Å². The lowest BCUT2D eigenvalue weighted by Gasteiger charge is -2.12. The lowest BCUT2D eigenvalue weighted by atomic mass is 10.2. The van der Waals surface area contributed by atoms with E-state index >= 15 is 0 Å². The fourth-order valence-corrected chi connectivity index (χ4v) is 2.13. The minimum absolute atomic E-state index is 0.0399. The summed E-state index contributed by atoms with van der Waals surface area (Å²) in [6.45, 7) is 2.90. The van der Waals surface area contributed by atoms with Crippen LogP contribution in [0.1, 0.15) is 19.4 Å². The van der Waals surface area contributed by atoms with E-state index < -0.39 is 39.8 Å². The number of nitrogens with zero attached hydrogens (tertiary/aromatic N) is 3. The van der Waals surface area contributed by atoms with Crippen LogP contribution >= 0.6 is 23.2 Å². The number of alkyl halides is 3. The van der Waals surface area contributed by atoms with Crippen LogP contribution in [0.15, 0.2) is 27.5 Å². The van der Waals surface area contributed by atoms with Gasteiger partial charge in [0.2, 0.25) is 0 Å². The van der Waals surface area contributed by atoms with Gasteiger partial charge >= 0.3 is 12.1 Å². The Bertz CT molecular complexity index is 630. The Labute approximate surface area is 145 Å². The summed E-state index contributed by atoms with van der Waals surface area (Å²) in [5.41, 5.74) is -1.32. The standard InChI is InChI=1S/C13H12Cl2F3N3O3/c1-3-24-12(22)10(6(2)21-23)19-20-11-8(14)4-7(5-9(11)15)13(16,17)18/h4-6,10H,3H2,1-2H3. The highest BCUT2D eigenvalue weighted by Crippen LogP contribution is 2.40. The first-order valence-electron chi connectivity index (χ1n) is 6.58. The molecule has 1 aromatic carbocycles. The van der Waals surface area contributed by atoms with Crippen molar-refractivity contribution >= 4 is 34.9 Å². The van der Waals surface area contributed by atoms with Crippen molar-refractivity contribution in [1.29, 1.82) is 0 Å². The molecule has 1 aromatic rings. The van der Waals surface area contributed by atoms with E-state index in [2.05, 4.69) is 15.4 Å². The Morgan fingerprint density at radius 3 is 2.25 bits per heavy atom. The predicted octanol–water partition coefficient (Wildman–Crippen LogP) is 5.18. The van der Waals surface area contributed by atoms with E-state index in [4.69, 9.17) is 27.9 Å². The van der Waals surface area contributed by atoms with Gasteiger partial charge in [0.25, 0.3) is 0 Å². The minimum atomic E-state index is -4.63. The average Bonchev–Trinajstić information content (AvgIpc) is 2.48. The number of halogens is 5. The summed E-state index contributed by atoms with van der Waals surface area (Å²) in [6.07, 6.45) is -4.63. The molecule has 6 nitrogen and oxygen atoms in total. The van der Waals surface area contributed by atoms with Crippen LogP contribution in [0.5, 0.6) is 0 Å². The highest BCUT2D eigenvalue weighted by molar-refractivity contribution is 6.38. The van der Waals surface area contributed by atoms with Gasteiger partial charge < -0.3 is 4.74 Å². The number of hydrogen-bond acceptors (Lipinski definition) is 6. The fourth-order valence-electron chi connectivity index (χ4n) is 1.57. The van der Waals surface area contributed by atoms with E-state index in [1.54, 1.807) is 6.92 Å². The molecule has 2 atom stereocenters. The lowest BCUT2D eigenvalue weighted by Crippen LogP contribution is -2.30. The molecule has 24 heavy (non-hydrogen) atoms. The van der Waals surface area contributed by atoms with E-state index in [1.165, 1.54) is 6.92 Å². The second kappa shape index (κ2) is 8.39. The molecule has 0 radical (unpaired) electrons. The maximum Gasteiger partial charge on any atom is 0.416 e. The summed E-state index contributed by atoms with van der Waals surface area (Å²) >= 11 is 11.5. The first-order chi connectivity index (χ1) is 11.1. The first-order valence-corrected chi connectivity index (χ1v) is 7.33. The number of benzene rings is 1. The normalized spacial score (nSPS) is 14.5. The first kappa shape index (κ1) is 20.3. The SMILES string of the molecule is CCOC(=O)C(N=Nc1c(Cl)cc(C(F)(F)F)cc1Cl)C(C)N=O. The molecule has 0 aromatic heterocycles. The van der Waals surface area contributed by atoms with E-state index in [0.29, 0.717) is 12.1 Å². The van der Waals surface area contributed by atoms with Gasteiger partial charge in [0.05, 0.1) is 22.2 Å². The molecule has 11 heteroatoms. The number of hydrogen-bond donors (Lipinski definition) is 0. The molecule has 132 valence electrons. The maximum atomic E-state index is 12.7. The summed E-state index contributed by atoms with van der Waals surface area (Å²) < 4.78 is 42.7.